The number of rotatable bonds is 9. The predicted octanol–water partition coefficient (Wildman–Crippen LogP) is 4.80. The molecular formula is C25H24ClFN4O4S. The summed E-state index contributed by atoms with van der Waals surface area (Å²) in [5, 5.41) is 11.9. The number of aliphatic hydroxyl groups is 1. The van der Waals surface area contributed by atoms with Crippen LogP contribution in [0.1, 0.15) is 35.1 Å². The molecule has 0 aliphatic heterocycles. The van der Waals surface area contributed by atoms with Crippen LogP contribution in [0.25, 0.3) is 0 Å². The molecule has 4 N–H and O–H groups in total. The zero-order chi connectivity index (χ0) is 26.2. The number of ether oxygens (including phenoxy) is 1. The third-order valence-electron chi connectivity index (χ3n) is 4.97. The van der Waals surface area contributed by atoms with E-state index in [-0.39, 0.29) is 47.2 Å². The van der Waals surface area contributed by atoms with Crippen LogP contribution in [0.5, 0.6) is 11.5 Å². The second kappa shape index (κ2) is 12.5. The van der Waals surface area contributed by atoms with Gasteiger partial charge >= 0.3 is 0 Å². The summed E-state index contributed by atoms with van der Waals surface area (Å²) in [6.45, 7) is 2.96. The number of hydrogen-bond acceptors (Lipinski definition) is 8. The molecule has 1 aromatic heterocycles. The van der Waals surface area contributed by atoms with Gasteiger partial charge in [-0.1, -0.05) is 35.5 Å². The minimum atomic E-state index is -0.785. The molecule has 0 aliphatic rings. The van der Waals surface area contributed by atoms with Crippen molar-refractivity contribution < 1.29 is 23.8 Å². The van der Waals surface area contributed by atoms with Crippen LogP contribution >= 0.6 is 23.4 Å². The van der Waals surface area contributed by atoms with Crippen LogP contribution in [0.3, 0.4) is 0 Å². The second-order valence-electron chi connectivity index (χ2n) is 7.59. The molecule has 0 fully saturated rings. The fourth-order valence-corrected chi connectivity index (χ4v) is 4.25. The lowest BCUT2D eigenvalue weighted by Crippen LogP contribution is -2.25. The second-order valence-corrected chi connectivity index (χ2v) is 9.10. The summed E-state index contributed by atoms with van der Waals surface area (Å²) in [6, 6.07) is 10.5. The Hall–Kier alpha value is -3.47. The molecular weight excluding hydrogens is 507 g/mol. The summed E-state index contributed by atoms with van der Waals surface area (Å²) in [7, 11) is 0. The van der Waals surface area contributed by atoms with Crippen molar-refractivity contribution in [2.24, 2.45) is 0 Å². The van der Waals surface area contributed by atoms with Gasteiger partial charge in [-0.3, -0.25) is 9.59 Å². The minimum absolute atomic E-state index is 0.00457. The predicted molar refractivity (Wildman–Crippen MR) is 137 cm³/mol. The molecule has 0 spiro atoms. The van der Waals surface area contributed by atoms with Crippen LogP contribution in [-0.2, 0) is 11.3 Å². The van der Waals surface area contributed by atoms with Crippen LogP contribution in [0.15, 0.2) is 59.1 Å². The number of benzene rings is 2. The molecule has 11 heteroatoms. The minimum Gasteiger partial charge on any atom is -0.456 e. The first-order valence-corrected chi connectivity index (χ1v) is 12.0. The van der Waals surface area contributed by atoms with Crippen LogP contribution in [0, 0.1) is 12.7 Å². The summed E-state index contributed by atoms with van der Waals surface area (Å²) in [5.41, 5.74) is 6.29. The maximum atomic E-state index is 14.7. The van der Waals surface area contributed by atoms with E-state index in [2.05, 4.69) is 15.3 Å². The zero-order valence-corrected chi connectivity index (χ0v) is 21.1. The molecule has 2 aromatic carbocycles. The van der Waals surface area contributed by atoms with Crippen LogP contribution in [0.2, 0.25) is 5.02 Å². The van der Waals surface area contributed by atoms with Gasteiger partial charge in [-0.2, -0.15) is 0 Å². The Morgan fingerprint density at radius 2 is 2.00 bits per heavy atom. The first-order valence-electron chi connectivity index (χ1n) is 10.8. The lowest BCUT2D eigenvalue weighted by Gasteiger charge is -2.14. The SMILES string of the molecule is C/C(C(=O)NCc1cnc(C)nc1N)=C(\CCO)SC(=O)c1c(F)cccc1Oc1cccc(Cl)c1. The van der Waals surface area contributed by atoms with E-state index in [1.165, 1.54) is 31.3 Å². The molecule has 0 saturated heterocycles. The van der Waals surface area contributed by atoms with Crippen LogP contribution in [-0.4, -0.2) is 32.7 Å². The van der Waals surface area contributed by atoms with Gasteiger partial charge in [0.1, 0.15) is 34.5 Å². The molecule has 0 radical (unpaired) electrons. The quantitative estimate of drug-likeness (QED) is 0.337. The Labute approximate surface area is 216 Å². The van der Waals surface area contributed by atoms with Crippen molar-refractivity contribution in [3.05, 3.63) is 86.9 Å². The molecule has 0 atom stereocenters. The van der Waals surface area contributed by atoms with E-state index in [9.17, 15) is 19.1 Å². The number of carbonyl (C=O) groups excluding carboxylic acids is 2. The van der Waals surface area contributed by atoms with Gasteiger partial charge in [-0.05, 0) is 44.2 Å². The van der Waals surface area contributed by atoms with Crippen LogP contribution in [0.4, 0.5) is 10.2 Å². The number of thioether (sulfide) groups is 1. The molecule has 1 amide bonds. The Kier molecular flexibility index (Phi) is 9.40. The average molecular weight is 531 g/mol. The topological polar surface area (TPSA) is 127 Å². The van der Waals surface area contributed by atoms with Crippen molar-refractivity contribution in [3.8, 4) is 11.5 Å². The lowest BCUT2D eigenvalue weighted by molar-refractivity contribution is -0.117. The van der Waals surface area contributed by atoms with Gasteiger partial charge in [0.2, 0.25) is 11.0 Å². The van der Waals surface area contributed by atoms with Crippen molar-refractivity contribution in [1.82, 2.24) is 15.3 Å². The fraction of sp³-hybridized carbons (Fsp3) is 0.200. The van der Waals surface area contributed by atoms with Crippen molar-refractivity contribution in [3.63, 3.8) is 0 Å². The summed E-state index contributed by atoms with van der Waals surface area (Å²) in [4.78, 5) is 34.3. The Morgan fingerprint density at radius 1 is 1.25 bits per heavy atom. The Balaban J connectivity index is 1.81. The highest BCUT2D eigenvalue weighted by atomic mass is 35.5. The van der Waals surface area contributed by atoms with E-state index in [4.69, 9.17) is 22.1 Å². The zero-order valence-electron chi connectivity index (χ0n) is 19.5. The molecule has 0 aliphatic carbocycles. The van der Waals surface area contributed by atoms with E-state index in [0.717, 1.165) is 6.07 Å². The normalized spacial score (nSPS) is 11.6. The Bertz CT molecular complexity index is 1320. The number of nitrogens with zero attached hydrogens (tertiary/aromatic N) is 2. The molecule has 8 nitrogen and oxygen atoms in total. The van der Waals surface area contributed by atoms with Crippen molar-refractivity contribution in [2.75, 3.05) is 12.3 Å². The number of nitrogens with one attached hydrogen (secondary N) is 1. The van der Waals surface area contributed by atoms with E-state index < -0.39 is 16.8 Å². The molecule has 0 saturated carbocycles. The summed E-state index contributed by atoms with van der Waals surface area (Å²) < 4.78 is 20.5. The summed E-state index contributed by atoms with van der Waals surface area (Å²) >= 11 is 6.64. The highest BCUT2D eigenvalue weighted by molar-refractivity contribution is 8.17. The molecule has 1 heterocycles. The number of amides is 1. The molecule has 3 aromatic rings. The average Bonchev–Trinajstić information content (AvgIpc) is 2.82. The van der Waals surface area contributed by atoms with E-state index in [1.807, 2.05) is 0 Å². The number of nitrogens with two attached hydrogens (primary N) is 1. The van der Waals surface area contributed by atoms with Crippen LogP contribution < -0.4 is 15.8 Å². The smallest absolute Gasteiger partial charge is 0.247 e. The van der Waals surface area contributed by atoms with Gasteiger partial charge in [-0.15, -0.1) is 0 Å². The van der Waals surface area contributed by atoms with Gasteiger partial charge in [0.25, 0.3) is 0 Å². The first-order chi connectivity index (χ1) is 17.2. The van der Waals surface area contributed by atoms with Gasteiger partial charge in [0.05, 0.1) is 0 Å². The van der Waals surface area contributed by atoms with Gasteiger partial charge in [0, 0.05) is 46.8 Å². The van der Waals surface area contributed by atoms with Gasteiger partial charge in [-0.25, -0.2) is 14.4 Å². The molecule has 3 rings (SSSR count). The third kappa shape index (κ3) is 7.03. The fourth-order valence-electron chi connectivity index (χ4n) is 3.11. The van der Waals surface area contributed by atoms with Crippen molar-refractivity contribution in [1.29, 1.82) is 0 Å². The van der Waals surface area contributed by atoms with Crippen molar-refractivity contribution in [2.45, 2.75) is 26.8 Å². The highest BCUT2D eigenvalue weighted by Crippen LogP contribution is 2.35. The van der Waals surface area contributed by atoms with Crippen molar-refractivity contribution >= 4 is 40.2 Å². The summed E-state index contributed by atoms with van der Waals surface area (Å²) in [5.74, 6) is -0.194. The maximum absolute atomic E-state index is 14.7. The number of anilines is 1. The number of aliphatic hydroxyl groups excluding tert-OH is 1. The third-order valence-corrected chi connectivity index (χ3v) is 6.36. The molecule has 0 unspecified atom stereocenters. The standard InChI is InChI=1S/C25H24ClFN4O4S/c1-14(24(33)30-13-16-12-29-15(2)31-23(16)28)21(9-10-32)36-25(34)22-19(27)7-4-8-20(22)35-18-6-3-5-17(26)11-18/h3-8,11-12,32H,9-10,13H2,1-2H3,(H,30,33)(H2,28,29,31)/b21-14-. The highest BCUT2D eigenvalue weighted by Gasteiger charge is 2.23. The largest absolute Gasteiger partial charge is 0.456 e. The lowest BCUT2D eigenvalue weighted by atomic mass is 10.2. The molecule has 0 bridgehead atoms. The maximum Gasteiger partial charge on any atom is 0.247 e. The number of hydrogen-bond donors (Lipinski definition) is 3. The summed E-state index contributed by atoms with van der Waals surface area (Å²) in [6.07, 6.45) is 1.54. The number of halogens is 2. The Morgan fingerprint density at radius 3 is 2.69 bits per heavy atom. The van der Waals surface area contributed by atoms with E-state index in [1.54, 1.807) is 25.1 Å². The van der Waals surface area contributed by atoms with Gasteiger partial charge < -0.3 is 20.9 Å². The number of carbonyl (C=O) groups is 2. The first kappa shape index (κ1) is 27.1. The number of aryl methyl sites for hydroxylation is 1. The van der Waals surface area contributed by atoms with E-state index in [0.29, 0.717) is 33.9 Å². The molecule has 36 heavy (non-hydrogen) atoms. The number of nitrogen functional groups attached to an aromatic ring is 1. The number of aromatic nitrogens is 2. The molecule has 188 valence electrons. The van der Waals surface area contributed by atoms with Gasteiger partial charge in [0.15, 0.2) is 0 Å². The van der Waals surface area contributed by atoms with E-state index >= 15 is 0 Å². The monoisotopic (exact) mass is 530 g/mol.